The molecule has 5 nitrogen and oxygen atoms in total. The SMILES string of the molecule is Cc1nc(Nc2ccc(C#N)cc2)c2cc[nH]c2n1. The molecule has 0 spiro atoms. The molecule has 0 bridgehead atoms. The summed E-state index contributed by atoms with van der Waals surface area (Å²) in [5, 5.41) is 13.0. The predicted molar refractivity (Wildman–Crippen MR) is 73.1 cm³/mol. The van der Waals surface area contributed by atoms with Crippen LogP contribution in [0.1, 0.15) is 11.4 Å². The van der Waals surface area contributed by atoms with Gasteiger partial charge in [-0.3, -0.25) is 0 Å². The average molecular weight is 249 g/mol. The van der Waals surface area contributed by atoms with Crippen molar-refractivity contribution in [3.8, 4) is 6.07 Å². The maximum absolute atomic E-state index is 8.77. The minimum Gasteiger partial charge on any atom is -0.346 e. The fourth-order valence-electron chi connectivity index (χ4n) is 1.91. The lowest BCUT2D eigenvalue weighted by Crippen LogP contribution is -1.98. The molecule has 0 saturated carbocycles. The first-order valence-electron chi connectivity index (χ1n) is 5.85. The number of aryl methyl sites for hydroxylation is 1. The first-order chi connectivity index (χ1) is 9.26. The summed E-state index contributed by atoms with van der Waals surface area (Å²) < 4.78 is 0. The Bertz CT molecular complexity index is 765. The molecule has 5 heteroatoms. The zero-order chi connectivity index (χ0) is 13.2. The van der Waals surface area contributed by atoms with Gasteiger partial charge in [0, 0.05) is 11.9 Å². The van der Waals surface area contributed by atoms with Gasteiger partial charge in [-0.2, -0.15) is 5.26 Å². The second-order valence-electron chi connectivity index (χ2n) is 4.17. The number of hydrogen-bond donors (Lipinski definition) is 2. The third-order valence-corrected chi connectivity index (χ3v) is 2.80. The predicted octanol–water partition coefficient (Wildman–Crippen LogP) is 2.88. The minimum absolute atomic E-state index is 0.635. The van der Waals surface area contributed by atoms with Crippen molar-refractivity contribution in [2.45, 2.75) is 6.92 Å². The van der Waals surface area contributed by atoms with E-state index in [1.807, 2.05) is 31.3 Å². The van der Waals surface area contributed by atoms with E-state index in [1.165, 1.54) is 0 Å². The number of anilines is 2. The van der Waals surface area contributed by atoms with Crippen molar-refractivity contribution in [2.24, 2.45) is 0 Å². The number of fused-ring (bicyclic) bond motifs is 1. The molecule has 1 aromatic carbocycles. The van der Waals surface area contributed by atoms with Crippen LogP contribution >= 0.6 is 0 Å². The topological polar surface area (TPSA) is 77.4 Å². The second kappa shape index (κ2) is 4.42. The molecule has 0 saturated heterocycles. The normalized spacial score (nSPS) is 10.3. The lowest BCUT2D eigenvalue weighted by Gasteiger charge is -2.07. The van der Waals surface area contributed by atoms with Gasteiger partial charge in [-0.15, -0.1) is 0 Å². The lowest BCUT2D eigenvalue weighted by atomic mass is 10.2. The fraction of sp³-hybridized carbons (Fsp3) is 0.0714. The van der Waals surface area contributed by atoms with Crippen LogP contribution in [0.3, 0.4) is 0 Å². The van der Waals surface area contributed by atoms with E-state index in [4.69, 9.17) is 5.26 Å². The van der Waals surface area contributed by atoms with Gasteiger partial charge in [-0.1, -0.05) is 0 Å². The maximum atomic E-state index is 8.77. The van der Waals surface area contributed by atoms with Gasteiger partial charge >= 0.3 is 0 Å². The Morgan fingerprint density at radius 2 is 1.95 bits per heavy atom. The number of rotatable bonds is 2. The smallest absolute Gasteiger partial charge is 0.143 e. The third kappa shape index (κ3) is 2.11. The van der Waals surface area contributed by atoms with Gasteiger partial charge in [0.15, 0.2) is 0 Å². The number of H-pyrrole nitrogens is 1. The van der Waals surface area contributed by atoms with Crippen LogP contribution in [0.25, 0.3) is 11.0 Å². The number of nitriles is 1. The first kappa shape index (κ1) is 11.2. The van der Waals surface area contributed by atoms with Crippen LogP contribution in [0.2, 0.25) is 0 Å². The molecule has 3 rings (SSSR count). The average Bonchev–Trinajstić information content (AvgIpc) is 2.88. The number of hydrogen-bond acceptors (Lipinski definition) is 4. The highest BCUT2D eigenvalue weighted by atomic mass is 15.1. The summed E-state index contributed by atoms with van der Waals surface area (Å²) in [6.45, 7) is 1.85. The van der Waals surface area contributed by atoms with Crippen LogP contribution in [0.15, 0.2) is 36.5 Å². The van der Waals surface area contributed by atoms with E-state index in [0.29, 0.717) is 11.4 Å². The number of nitrogens with one attached hydrogen (secondary N) is 2. The van der Waals surface area contributed by atoms with E-state index in [0.717, 1.165) is 22.5 Å². The van der Waals surface area contributed by atoms with E-state index in [1.54, 1.807) is 12.1 Å². The van der Waals surface area contributed by atoms with Crippen LogP contribution in [-0.2, 0) is 0 Å². The van der Waals surface area contributed by atoms with Gasteiger partial charge in [0.25, 0.3) is 0 Å². The summed E-state index contributed by atoms with van der Waals surface area (Å²) in [6.07, 6.45) is 1.84. The summed E-state index contributed by atoms with van der Waals surface area (Å²) in [6, 6.07) is 11.3. The van der Waals surface area contributed by atoms with E-state index < -0.39 is 0 Å². The summed E-state index contributed by atoms with van der Waals surface area (Å²) in [4.78, 5) is 11.8. The highest BCUT2D eigenvalue weighted by molar-refractivity contribution is 5.88. The zero-order valence-electron chi connectivity index (χ0n) is 10.3. The molecule has 19 heavy (non-hydrogen) atoms. The molecule has 92 valence electrons. The zero-order valence-corrected chi connectivity index (χ0v) is 10.3. The van der Waals surface area contributed by atoms with E-state index in [-0.39, 0.29) is 0 Å². The van der Waals surface area contributed by atoms with E-state index in [9.17, 15) is 0 Å². The van der Waals surface area contributed by atoms with Gasteiger partial charge in [-0.05, 0) is 37.3 Å². The molecule has 2 N–H and O–H groups in total. The van der Waals surface area contributed by atoms with E-state index >= 15 is 0 Å². The highest BCUT2D eigenvalue weighted by Crippen LogP contribution is 2.23. The summed E-state index contributed by atoms with van der Waals surface area (Å²) >= 11 is 0. The molecule has 0 radical (unpaired) electrons. The van der Waals surface area contributed by atoms with Crippen LogP contribution < -0.4 is 5.32 Å². The number of nitrogens with zero attached hydrogens (tertiary/aromatic N) is 3. The molecular weight excluding hydrogens is 238 g/mol. The maximum Gasteiger partial charge on any atom is 0.143 e. The molecule has 0 aliphatic heterocycles. The monoisotopic (exact) mass is 249 g/mol. The number of aromatic amines is 1. The molecule has 0 aliphatic rings. The molecule has 3 aromatic rings. The molecule has 2 heterocycles. The molecule has 0 amide bonds. The van der Waals surface area contributed by atoms with Crippen molar-refractivity contribution < 1.29 is 0 Å². The highest BCUT2D eigenvalue weighted by Gasteiger charge is 2.06. The Labute approximate surface area is 109 Å². The minimum atomic E-state index is 0.635. The Morgan fingerprint density at radius 1 is 1.16 bits per heavy atom. The van der Waals surface area contributed by atoms with Crippen molar-refractivity contribution >= 4 is 22.5 Å². The molecule has 0 fully saturated rings. The summed E-state index contributed by atoms with van der Waals surface area (Å²) in [5.41, 5.74) is 2.33. The van der Waals surface area contributed by atoms with Crippen molar-refractivity contribution in [2.75, 3.05) is 5.32 Å². The van der Waals surface area contributed by atoms with Crippen molar-refractivity contribution in [1.29, 1.82) is 5.26 Å². The van der Waals surface area contributed by atoms with Gasteiger partial charge in [-0.25, -0.2) is 9.97 Å². The van der Waals surface area contributed by atoms with Gasteiger partial charge in [0.05, 0.1) is 17.0 Å². The quantitative estimate of drug-likeness (QED) is 0.732. The van der Waals surface area contributed by atoms with Crippen LogP contribution in [0.4, 0.5) is 11.5 Å². The first-order valence-corrected chi connectivity index (χ1v) is 5.85. The molecule has 0 atom stereocenters. The van der Waals surface area contributed by atoms with Crippen LogP contribution in [0.5, 0.6) is 0 Å². The fourth-order valence-corrected chi connectivity index (χ4v) is 1.91. The Morgan fingerprint density at radius 3 is 2.68 bits per heavy atom. The van der Waals surface area contributed by atoms with Crippen LogP contribution in [-0.4, -0.2) is 15.0 Å². The lowest BCUT2D eigenvalue weighted by molar-refractivity contribution is 1.08. The standard InChI is InChI=1S/C14H11N5/c1-9-17-13-12(6-7-16-13)14(18-9)19-11-4-2-10(8-15)3-5-11/h2-7H,1H3,(H2,16,17,18,19). The summed E-state index contributed by atoms with van der Waals surface area (Å²) in [5.74, 6) is 1.46. The third-order valence-electron chi connectivity index (χ3n) is 2.80. The van der Waals surface area contributed by atoms with Gasteiger partial charge in [0.2, 0.25) is 0 Å². The van der Waals surface area contributed by atoms with E-state index in [2.05, 4.69) is 26.3 Å². The van der Waals surface area contributed by atoms with Gasteiger partial charge < -0.3 is 10.3 Å². The van der Waals surface area contributed by atoms with Crippen LogP contribution in [0, 0.1) is 18.3 Å². The second-order valence-corrected chi connectivity index (χ2v) is 4.17. The summed E-state index contributed by atoms with van der Waals surface area (Å²) in [7, 11) is 0. The van der Waals surface area contributed by atoms with Crippen molar-refractivity contribution in [1.82, 2.24) is 15.0 Å². The largest absolute Gasteiger partial charge is 0.346 e. The molecule has 2 aromatic heterocycles. The molecule has 0 unspecified atom stereocenters. The number of aromatic nitrogens is 3. The Kier molecular flexibility index (Phi) is 2.62. The van der Waals surface area contributed by atoms with Crippen molar-refractivity contribution in [3.63, 3.8) is 0 Å². The Balaban J connectivity index is 2.00. The number of benzene rings is 1. The van der Waals surface area contributed by atoms with Gasteiger partial charge in [0.1, 0.15) is 17.3 Å². The Hall–Kier alpha value is -2.87. The molecule has 0 aliphatic carbocycles. The molecular formula is C14H11N5. The van der Waals surface area contributed by atoms with Crippen molar-refractivity contribution in [3.05, 3.63) is 47.9 Å².